The number of aromatic nitrogens is 2. The molecule has 7 heteroatoms. The van der Waals surface area contributed by atoms with Gasteiger partial charge in [-0.25, -0.2) is 13.4 Å². The van der Waals surface area contributed by atoms with Gasteiger partial charge in [-0.3, -0.25) is 0 Å². The fourth-order valence-electron chi connectivity index (χ4n) is 1.66. The highest BCUT2D eigenvalue weighted by Gasteiger charge is 2.36. The molecule has 0 radical (unpaired) electrons. The summed E-state index contributed by atoms with van der Waals surface area (Å²) in [6, 6.07) is 0. The fraction of sp³-hybridized carbons (Fsp3) is 0.700. The van der Waals surface area contributed by atoms with Crippen molar-refractivity contribution in [1.29, 1.82) is 0 Å². The normalized spacial score (nSPS) is 13.3. The summed E-state index contributed by atoms with van der Waals surface area (Å²) in [4.78, 5) is 3.90. The molecule has 0 aromatic carbocycles. The summed E-state index contributed by atoms with van der Waals surface area (Å²) in [7, 11) is -1.85. The molecule has 98 valence electrons. The molecule has 0 atom stereocenters. The average Bonchev–Trinajstić information content (AvgIpc) is 2.65. The maximum absolute atomic E-state index is 12.4. The summed E-state index contributed by atoms with van der Waals surface area (Å²) in [5.41, 5.74) is 5.01. The second-order valence-corrected chi connectivity index (χ2v) is 6.37. The van der Waals surface area contributed by atoms with Gasteiger partial charge in [0.2, 0.25) is 0 Å². The third kappa shape index (κ3) is 2.67. The Morgan fingerprint density at radius 1 is 1.53 bits per heavy atom. The van der Waals surface area contributed by atoms with Crippen LogP contribution in [0.2, 0.25) is 0 Å². The number of nitrogens with zero attached hydrogens (tertiary/aromatic N) is 3. The van der Waals surface area contributed by atoms with Gasteiger partial charge in [-0.1, -0.05) is 6.92 Å². The standard InChI is InChI=1S/C10H20N4O2S/c1-5-14(10(2,3)7-11)17(15,16)9-6-13(4)8-12-9/h6,8H,5,7,11H2,1-4H3. The highest BCUT2D eigenvalue weighted by Crippen LogP contribution is 2.22. The molecule has 0 aliphatic carbocycles. The summed E-state index contributed by atoms with van der Waals surface area (Å²) < 4.78 is 27.7. The maximum Gasteiger partial charge on any atom is 0.262 e. The van der Waals surface area contributed by atoms with E-state index in [1.165, 1.54) is 16.8 Å². The van der Waals surface area contributed by atoms with E-state index < -0.39 is 15.6 Å². The van der Waals surface area contributed by atoms with Gasteiger partial charge >= 0.3 is 0 Å². The Labute approximate surface area is 102 Å². The molecule has 0 bridgehead atoms. The molecule has 1 aromatic heterocycles. The van der Waals surface area contributed by atoms with Gasteiger partial charge in [-0.15, -0.1) is 0 Å². The van der Waals surface area contributed by atoms with Crippen molar-refractivity contribution in [3.8, 4) is 0 Å². The Morgan fingerprint density at radius 2 is 2.12 bits per heavy atom. The molecule has 6 nitrogen and oxygen atoms in total. The molecular formula is C10H20N4O2S. The van der Waals surface area contributed by atoms with Gasteiger partial charge in [0.15, 0.2) is 5.03 Å². The summed E-state index contributed by atoms with van der Waals surface area (Å²) in [6.45, 7) is 6.02. The van der Waals surface area contributed by atoms with Gasteiger partial charge in [0.1, 0.15) is 0 Å². The van der Waals surface area contributed by atoms with Crippen LogP contribution in [-0.4, -0.2) is 40.9 Å². The van der Waals surface area contributed by atoms with Crippen molar-refractivity contribution in [1.82, 2.24) is 13.9 Å². The van der Waals surface area contributed by atoms with E-state index in [1.54, 1.807) is 32.4 Å². The molecule has 1 heterocycles. The van der Waals surface area contributed by atoms with E-state index in [0.29, 0.717) is 6.54 Å². The number of hydrogen-bond acceptors (Lipinski definition) is 4. The Kier molecular flexibility index (Phi) is 3.95. The van der Waals surface area contributed by atoms with Gasteiger partial charge in [-0.05, 0) is 13.8 Å². The Hall–Kier alpha value is -0.920. The summed E-state index contributed by atoms with van der Waals surface area (Å²) in [5.74, 6) is 0. The number of imidazole rings is 1. The molecule has 0 aliphatic heterocycles. The van der Waals surface area contributed by atoms with Gasteiger partial charge in [0, 0.05) is 31.9 Å². The lowest BCUT2D eigenvalue weighted by atomic mass is 10.1. The lowest BCUT2D eigenvalue weighted by Gasteiger charge is -2.35. The molecule has 0 unspecified atom stereocenters. The maximum atomic E-state index is 12.4. The van der Waals surface area contributed by atoms with E-state index in [0.717, 1.165) is 0 Å². The Morgan fingerprint density at radius 3 is 2.47 bits per heavy atom. The minimum Gasteiger partial charge on any atom is -0.339 e. The molecule has 0 amide bonds. The van der Waals surface area contributed by atoms with Gasteiger partial charge in [-0.2, -0.15) is 4.31 Å². The fourth-order valence-corrected chi connectivity index (χ4v) is 3.43. The zero-order valence-electron chi connectivity index (χ0n) is 10.7. The van der Waals surface area contributed by atoms with Crippen LogP contribution >= 0.6 is 0 Å². The lowest BCUT2D eigenvalue weighted by Crippen LogP contribution is -2.52. The van der Waals surface area contributed by atoms with Crippen molar-refractivity contribution in [3.05, 3.63) is 12.5 Å². The van der Waals surface area contributed by atoms with Crippen molar-refractivity contribution in [2.24, 2.45) is 12.8 Å². The Bertz CT molecular complexity index is 478. The largest absolute Gasteiger partial charge is 0.339 e. The molecule has 0 spiro atoms. The first-order valence-corrected chi connectivity index (χ1v) is 6.90. The molecule has 0 saturated heterocycles. The van der Waals surface area contributed by atoms with E-state index >= 15 is 0 Å². The van der Waals surface area contributed by atoms with Crippen LogP contribution in [0.1, 0.15) is 20.8 Å². The number of nitrogens with two attached hydrogens (primary N) is 1. The van der Waals surface area contributed by atoms with Crippen LogP contribution in [0.25, 0.3) is 0 Å². The third-order valence-electron chi connectivity index (χ3n) is 2.70. The minimum absolute atomic E-state index is 0.0587. The predicted octanol–water partition coefficient (Wildman–Crippen LogP) is 0.168. The van der Waals surface area contributed by atoms with Crippen LogP contribution in [0.4, 0.5) is 0 Å². The molecule has 0 fully saturated rings. The smallest absolute Gasteiger partial charge is 0.262 e. The second kappa shape index (κ2) is 4.75. The average molecular weight is 260 g/mol. The number of aryl methyl sites for hydroxylation is 1. The SMILES string of the molecule is CCN(C(C)(C)CN)S(=O)(=O)c1cn(C)cn1. The van der Waals surface area contributed by atoms with E-state index in [-0.39, 0.29) is 11.6 Å². The van der Waals surface area contributed by atoms with Crippen molar-refractivity contribution in [3.63, 3.8) is 0 Å². The molecular weight excluding hydrogens is 240 g/mol. The monoisotopic (exact) mass is 260 g/mol. The van der Waals surface area contributed by atoms with Crippen LogP contribution in [0.3, 0.4) is 0 Å². The molecule has 1 aromatic rings. The lowest BCUT2D eigenvalue weighted by molar-refractivity contribution is 0.243. The highest BCUT2D eigenvalue weighted by atomic mass is 32.2. The quantitative estimate of drug-likeness (QED) is 0.818. The summed E-state index contributed by atoms with van der Waals surface area (Å²) in [6.07, 6.45) is 2.96. The minimum atomic E-state index is -3.58. The zero-order chi connectivity index (χ0) is 13.3. The van der Waals surface area contributed by atoms with Crippen LogP contribution in [0, 0.1) is 0 Å². The molecule has 2 N–H and O–H groups in total. The van der Waals surface area contributed by atoms with Crippen LogP contribution in [0.5, 0.6) is 0 Å². The molecule has 17 heavy (non-hydrogen) atoms. The molecule has 1 rings (SSSR count). The second-order valence-electron chi connectivity index (χ2n) is 4.56. The van der Waals surface area contributed by atoms with E-state index in [2.05, 4.69) is 4.98 Å². The van der Waals surface area contributed by atoms with Gasteiger partial charge in [0.25, 0.3) is 10.0 Å². The van der Waals surface area contributed by atoms with Crippen LogP contribution in [0.15, 0.2) is 17.6 Å². The summed E-state index contributed by atoms with van der Waals surface area (Å²) in [5, 5.41) is 0.0587. The van der Waals surface area contributed by atoms with Crippen molar-refractivity contribution >= 4 is 10.0 Å². The third-order valence-corrected chi connectivity index (χ3v) is 4.77. The molecule has 0 saturated carbocycles. The first kappa shape index (κ1) is 14.1. The van der Waals surface area contributed by atoms with Crippen molar-refractivity contribution in [2.75, 3.05) is 13.1 Å². The highest BCUT2D eigenvalue weighted by molar-refractivity contribution is 7.89. The van der Waals surface area contributed by atoms with Crippen LogP contribution in [-0.2, 0) is 17.1 Å². The van der Waals surface area contributed by atoms with Gasteiger partial charge in [0.05, 0.1) is 6.33 Å². The summed E-state index contributed by atoms with van der Waals surface area (Å²) >= 11 is 0. The van der Waals surface area contributed by atoms with E-state index in [9.17, 15) is 8.42 Å². The van der Waals surface area contributed by atoms with Crippen molar-refractivity contribution < 1.29 is 8.42 Å². The topological polar surface area (TPSA) is 81.2 Å². The number of rotatable bonds is 5. The van der Waals surface area contributed by atoms with E-state index in [1.807, 2.05) is 0 Å². The van der Waals surface area contributed by atoms with Crippen molar-refractivity contribution in [2.45, 2.75) is 31.3 Å². The molecule has 0 aliphatic rings. The Balaban J connectivity index is 3.20. The zero-order valence-corrected chi connectivity index (χ0v) is 11.5. The first-order chi connectivity index (χ1) is 7.75. The number of sulfonamides is 1. The van der Waals surface area contributed by atoms with Gasteiger partial charge < -0.3 is 10.3 Å². The van der Waals surface area contributed by atoms with E-state index in [4.69, 9.17) is 5.73 Å². The predicted molar refractivity (Wildman–Crippen MR) is 65.9 cm³/mol. The first-order valence-electron chi connectivity index (χ1n) is 5.46. The number of likely N-dealkylation sites (N-methyl/N-ethyl adjacent to an activating group) is 1. The van der Waals surface area contributed by atoms with Crippen LogP contribution < -0.4 is 5.73 Å². The number of hydrogen-bond donors (Lipinski definition) is 1.